The highest BCUT2D eigenvalue weighted by molar-refractivity contribution is 6.30. The molecule has 8 heteroatoms. The van der Waals surface area contributed by atoms with Crippen LogP contribution < -0.4 is 0 Å². The number of halogens is 1. The van der Waals surface area contributed by atoms with Gasteiger partial charge in [-0.25, -0.2) is 5.01 Å². The van der Waals surface area contributed by atoms with Crippen LogP contribution in [0.1, 0.15) is 33.9 Å². The van der Waals surface area contributed by atoms with Crippen molar-refractivity contribution in [3.05, 3.63) is 105 Å². The maximum Gasteiger partial charge on any atom is 0.274 e. The number of non-ortho nitro benzene ring substituents is 1. The predicted octanol–water partition coefficient (Wildman–Crippen LogP) is 4.95. The number of phenolic OH excluding ortho intramolecular Hbond substituents is 1. The Labute approximate surface area is 177 Å². The fourth-order valence-corrected chi connectivity index (χ4v) is 3.54. The van der Waals surface area contributed by atoms with Gasteiger partial charge in [0.2, 0.25) is 0 Å². The highest BCUT2D eigenvalue weighted by Crippen LogP contribution is 2.38. The van der Waals surface area contributed by atoms with Crippen LogP contribution in [0.3, 0.4) is 0 Å². The molecule has 0 spiro atoms. The summed E-state index contributed by atoms with van der Waals surface area (Å²) in [6.45, 7) is 0. The number of para-hydroxylation sites is 1. The van der Waals surface area contributed by atoms with Gasteiger partial charge in [-0.1, -0.05) is 48.0 Å². The molecule has 0 saturated heterocycles. The van der Waals surface area contributed by atoms with Gasteiger partial charge in [-0.3, -0.25) is 14.9 Å². The van der Waals surface area contributed by atoms with E-state index in [4.69, 9.17) is 11.6 Å². The van der Waals surface area contributed by atoms with Gasteiger partial charge in [-0.15, -0.1) is 0 Å². The van der Waals surface area contributed by atoms with Crippen LogP contribution in [0.25, 0.3) is 0 Å². The number of nitro benzene ring substituents is 1. The summed E-state index contributed by atoms with van der Waals surface area (Å²) < 4.78 is 0. The predicted molar refractivity (Wildman–Crippen MR) is 113 cm³/mol. The highest BCUT2D eigenvalue weighted by atomic mass is 35.5. The summed E-state index contributed by atoms with van der Waals surface area (Å²) in [6.07, 6.45) is 0.375. The Hall–Kier alpha value is -3.71. The summed E-state index contributed by atoms with van der Waals surface area (Å²) in [5.74, 6) is -0.442. The van der Waals surface area contributed by atoms with Crippen molar-refractivity contribution < 1.29 is 14.8 Å². The van der Waals surface area contributed by atoms with Crippen LogP contribution in [0.2, 0.25) is 5.02 Å². The van der Waals surface area contributed by atoms with Gasteiger partial charge in [0.15, 0.2) is 0 Å². The summed E-state index contributed by atoms with van der Waals surface area (Å²) in [7, 11) is 0. The number of nitro groups is 1. The number of carbonyl (C=O) groups is 1. The molecule has 30 heavy (non-hydrogen) atoms. The van der Waals surface area contributed by atoms with Crippen LogP contribution >= 0.6 is 11.6 Å². The third-order valence-electron chi connectivity index (χ3n) is 4.90. The number of hydrogen-bond acceptors (Lipinski definition) is 5. The van der Waals surface area contributed by atoms with Gasteiger partial charge < -0.3 is 5.11 Å². The largest absolute Gasteiger partial charge is 0.508 e. The molecule has 0 fully saturated rings. The van der Waals surface area contributed by atoms with E-state index >= 15 is 0 Å². The van der Waals surface area contributed by atoms with Gasteiger partial charge in [0.25, 0.3) is 11.6 Å². The SMILES string of the molecule is O=C(c1cccc([N+](=O)[O-])c1)N1N=C(c2ccc(Cl)cc2)CC1c1ccccc1O. The van der Waals surface area contributed by atoms with Crippen molar-refractivity contribution in [2.75, 3.05) is 0 Å². The fourth-order valence-electron chi connectivity index (χ4n) is 3.41. The van der Waals surface area contributed by atoms with Crippen molar-refractivity contribution in [3.8, 4) is 5.75 Å². The van der Waals surface area contributed by atoms with E-state index in [0.29, 0.717) is 22.7 Å². The zero-order valence-electron chi connectivity index (χ0n) is 15.6. The lowest BCUT2D eigenvalue weighted by Crippen LogP contribution is -2.27. The fraction of sp³-hybridized carbons (Fsp3) is 0.0909. The molecule has 150 valence electrons. The third kappa shape index (κ3) is 3.75. The maximum atomic E-state index is 13.2. The van der Waals surface area contributed by atoms with E-state index in [2.05, 4.69) is 5.10 Å². The van der Waals surface area contributed by atoms with E-state index in [-0.39, 0.29) is 17.0 Å². The average Bonchev–Trinajstić information content (AvgIpc) is 3.19. The van der Waals surface area contributed by atoms with Crippen molar-refractivity contribution in [2.24, 2.45) is 5.10 Å². The molecule has 0 radical (unpaired) electrons. The topological polar surface area (TPSA) is 96.0 Å². The molecule has 3 aromatic rings. The van der Waals surface area contributed by atoms with Crippen LogP contribution in [-0.2, 0) is 0 Å². The Bertz CT molecular complexity index is 1160. The third-order valence-corrected chi connectivity index (χ3v) is 5.15. The number of carbonyl (C=O) groups excluding carboxylic acids is 1. The van der Waals surface area contributed by atoms with Crippen LogP contribution in [0.4, 0.5) is 5.69 Å². The van der Waals surface area contributed by atoms with Gasteiger partial charge in [0, 0.05) is 34.7 Å². The molecule has 7 nitrogen and oxygen atoms in total. The second kappa shape index (κ2) is 7.96. The molecule has 1 N–H and O–H groups in total. The zero-order valence-corrected chi connectivity index (χ0v) is 16.4. The molecule has 1 amide bonds. The van der Waals surface area contributed by atoms with Crippen molar-refractivity contribution in [2.45, 2.75) is 12.5 Å². The first kappa shape index (κ1) is 19.6. The zero-order chi connectivity index (χ0) is 21.3. The molecule has 4 rings (SSSR count). The first-order valence-corrected chi connectivity index (χ1v) is 9.51. The Morgan fingerprint density at radius 3 is 2.53 bits per heavy atom. The van der Waals surface area contributed by atoms with Crippen LogP contribution in [0.5, 0.6) is 5.75 Å². The number of hydrazone groups is 1. The number of amides is 1. The van der Waals surface area contributed by atoms with E-state index in [9.17, 15) is 20.0 Å². The van der Waals surface area contributed by atoms with E-state index < -0.39 is 16.9 Å². The molecule has 0 aliphatic carbocycles. The van der Waals surface area contributed by atoms with Crippen molar-refractivity contribution in [1.29, 1.82) is 0 Å². The van der Waals surface area contributed by atoms with Gasteiger partial charge in [-0.2, -0.15) is 5.10 Å². The molecule has 0 aromatic heterocycles. The van der Waals surface area contributed by atoms with E-state index in [1.165, 1.54) is 29.3 Å². The maximum absolute atomic E-state index is 13.2. The average molecular weight is 422 g/mol. The second-order valence-electron chi connectivity index (χ2n) is 6.79. The molecule has 1 unspecified atom stereocenters. The van der Waals surface area contributed by atoms with Crippen LogP contribution in [0.15, 0.2) is 77.9 Å². The number of nitrogens with zero attached hydrogens (tertiary/aromatic N) is 3. The molecule has 0 saturated carbocycles. The lowest BCUT2D eigenvalue weighted by molar-refractivity contribution is -0.384. The molecule has 1 atom stereocenters. The monoisotopic (exact) mass is 421 g/mol. The molecule has 3 aromatic carbocycles. The Balaban J connectivity index is 1.76. The number of phenols is 1. The van der Waals surface area contributed by atoms with Crippen molar-refractivity contribution in [1.82, 2.24) is 5.01 Å². The number of aromatic hydroxyl groups is 1. The molecule has 1 aliphatic rings. The van der Waals surface area contributed by atoms with E-state index in [0.717, 1.165) is 5.56 Å². The molecular weight excluding hydrogens is 406 g/mol. The Kier molecular flexibility index (Phi) is 5.20. The number of hydrogen-bond donors (Lipinski definition) is 1. The van der Waals surface area contributed by atoms with E-state index in [1.807, 2.05) is 12.1 Å². The minimum absolute atomic E-state index is 0.0481. The quantitative estimate of drug-likeness (QED) is 0.476. The second-order valence-corrected chi connectivity index (χ2v) is 7.23. The molecule has 1 heterocycles. The lowest BCUT2D eigenvalue weighted by Gasteiger charge is -2.22. The summed E-state index contributed by atoms with van der Waals surface area (Å²) in [5, 5.41) is 27.8. The minimum Gasteiger partial charge on any atom is -0.508 e. The summed E-state index contributed by atoms with van der Waals surface area (Å²) in [6, 6.07) is 18.8. The molecule has 0 bridgehead atoms. The van der Waals surface area contributed by atoms with E-state index in [1.54, 1.807) is 36.4 Å². The first-order chi connectivity index (χ1) is 14.4. The van der Waals surface area contributed by atoms with Gasteiger partial charge >= 0.3 is 0 Å². The van der Waals surface area contributed by atoms with Crippen LogP contribution in [-0.4, -0.2) is 26.7 Å². The van der Waals surface area contributed by atoms with Gasteiger partial charge in [-0.05, 0) is 29.8 Å². The Morgan fingerprint density at radius 1 is 1.10 bits per heavy atom. The lowest BCUT2D eigenvalue weighted by atomic mass is 9.97. The minimum atomic E-state index is -0.552. The summed E-state index contributed by atoms with van der Waals surface area (Å²) in [5.41, 5.74) is 1.96. The molecule has 1 aliphatic heterocycles. The molecular formula is C22H16ClN3O4. The van der Waals surface area contributed by atoms with Gasteiger partial charge in [0.05, 0.1) is 16.7 Å². The number of benzene rings is 3. The summed E-state index contributed by atoms with van der Waals surface area (Å²) >= 11 is 5.97. The van der Waals surface area contributed by atoms with Gasteiger partial charge in [0.1, 0.15) is 5.75 Å². The first-order valence-electron chi connectivity index (χ1n) is 9.13. The van der Waals surface area contributed by atoms with Crippen LogP contribution in [0, 0.1) is 10.1 Å². The normalized spacial score (nSPS) is 15.7. The summed E-state index contributed by atoms with van der Waals surface area (Å²) in [4.78, 5) is 23.8. The number of rotatable bonds is 4. The smallest absolute Gasteiger partial charge is 0.274 e. The van der Waals surface area contributed by atoms with Crippen molar-refractivity contribution in [3.63, 3.8) is 0 Å². The Morgan fingerprint density at radius 2 is 1.83 bits per heavy atom. The highest BCUT2D eigenvalue weighted by Gasteiger charge is 2.35. The standard InChI is InChI=1S/C22H16ClN3O4/c23-16-10-8-14(9-11-16)19-13-20(18-6-1-2-7-21(18)27)25(24-19)22(28)15-4-3-5-17(12-15)26(29)30/h1-12,20,27H,13H2. The van der Waals surface area contributed by atoms with Crippen molar-refractivity contribution >= 4 is 28.9 Å².